The van der Waals surface area contributed by atoms with Gasteiger partial charge in [-0.25, -0.2) is 0 Å². The van der Waals surface area contributed by atoms with Crippen molar-refractivity contribution in [2.45, 2.75) is 13.8 Å². The van der Waals surface area contributed by atoms with Crippen LogP contribution in [-0.4, -0.2) is 5.16 Å². The van der Waals surface area contributed by atoms with E-state index in [2.05, 4.69) is 37.2 Å². The van der Waals surface area contributed by atoms with Crippen molar-refractivity contribution in [3.8, 4) is 11.3 Å². The lowest BCUT2D eigenvalue weighted by Gasteiger charge is -1.96. The number of fused-ring (bicyclic) bond motifs is 1. The molecule has 0 bridgehead atoms. The second-order valence-electron chi connectivity index (χ2n) is 4.11. The zero-order chi connectivity index (χ0) is 12.0. The maximum Gasteiger partial charge on any atom is 0.222 e. The molecule has 1 aromatic carbocycles. The summed E-state index contributed by atoms with van der Waals surface area (Å²) in [6.45, 7) is 4.30. The summed E-state index contributed by atoms with van der Waals surface area (Å²) in [5.74, 6) is 0.346. The van der Waals surface area contributed by atoms with E-state index in [-0.39, 0.29) is 0 Å². The van der Waals surface area contributed by atoms with Crippen LogP contribution >= 0.6 is 11.3 Å². The number of hydrogen-bond donors (Lipinski definition) is 1. The number of hydrogen-bond acceptors (Lipinski definition) is 4. The number of rotatable bonds is 1. The summed E-state index contributed by atoms with van der Waals surface area (Å²) in [6.07, 6.45) is 0. The van der Waals surface area contributed by atoms with E-state index in [1.165, 1.54) is 20.5 Å². The van der Waals surface area contributed by atoms with Crippen LogP contribution in [-0.2, 0) is 0 Å². The number of aryl methyl sites for hydroxylation is 2. The molecule has 2 heterocycles. The fourth-order valence-electron chi connectivity index (χ4n) is 1.93. The van der Waals surface area contributed by atoms with Crippen molar-refractivity contribution in [3.63, 3.8) is 0 Å². The third-order valence-electron chi connectivity index (χ3n) is 3.00. The molecule has 0 saturated carbocycles. The number of nitrogens with zero attached hydrogens (tertiary/aromatic N) is 1. The normalized spacial score (nSPS) is 11.2. The predicted octanol–water partition coefficient (Wildman–Crippen LogP) is 3.76. The molecular formula is C13H12N2OS. The summed E-state index contributed by atoms with van der Waals surface area (Å²) in [5, 5.41) is 5.24. The van der Waals surface area contributed by atoms with Crippen LogP contribution in [0.5, 0.6) is 0 Å². The maximum absolute atomic E-state index is 5.53. The fourth-order valence-corrected chi connectivity index (χ4v) is 3.04. The maximum atomic E-state index is 5.53. The molecule has 0 aliphatic carbocycles. The molecule has 0 aliphatic rings. The molecule has 4 heteroatoms. The zero-order valence-electron chi connectivity index (χ0n) is 9.65. The first-order chi connectivity index (χ1) is 8.15. The molecule has 0 radical (unpaired) electrons. The van der Waals surface area contributed by atoms with E-state index < -0.39 is 0 Å². The van der Waals surface area contributed by atoms with E-state index in [1.807, 2.05) is 0 Å². The van der Waals surface area contributed by atoms with Crippen LogP contribution in [0.1, 0.15) is 10.4 Å². The Morgan fingerprint density at radius 1 is 1.24 bits per heavy atom. The number of aromatic nitrogens is 1. The van der Waals surface area contributed by atoms with Crippen molar-refractivity contribution in [2.75, 3.05) is 5.73 Å². The van der Waals surface area contributed by atoms with Gasteiger partial charge in [0.2, 0.25) is 5.88 Å². The summed E-state index contributed by atoms with van der Waals surface area (Å²) in [5.41, 5.74) is 8.71. The van der Waals surface area contributed by atoms with Gasteiger partial charge < -0.3 is 10.3 Å². The van der Waals surface area contributed by atoms with Crippen LogP contribution in [0, 0.1) is 13.8 Å². The molecule has 0 atom stereocenters. The lowest BCUT2D eigenvalue weighted by molar-refractivity contribution is 0.439. The highest BCUT2D eigenvalue weighted by Crippen LogP contribution is 2.33. The molecule has 3 nitrogen and oxygen atoms in total. The Morgan fingerprint density at radius 3 is 2.76 bits per heavy atom. The minimum absolute atomic E-state index is 0.346. The van der Waals surface area contributed by atoms with Crippen molar-refractivity contribution < 1.29 is 4.52 Å². The van der Waals surface area contributed by atoms with Crippen LogP contribution in [0.4, 0.5) is 5.88 Å². The molecule has 0 amide bonds. The Balaban J connectivity index is 2.20. The first kappa shape index (κ1) is 10.4. The Morgan fingerprint density at radius 2 is 2.06 bits per heavy atom. The van der Waals surface area contributed by atoms with Crippen molar-refractivity contribution in [3.05, 3.63) is 34.7 Å². The Bertz CT molecular complexity index is 697. The van der Waals surface area contributed by atoms with E-state index in [4.69, 9.17) is 10.3 Å². The summed E-state index contributed by atoms with van der Waals surface area (Å²) >= 11 is 1.80. The minimum Gasteiger partial charge on any atom is -0.368 e. The molecule has 3 aromatic rings. The van der Waals surface area contributed by atoms with Crippen LogP contribution < -0.4 is 5.73 Å². The van der Waals surface area contributed by atoms with Crippen molar-refractivity contribution in [2.24, 2.45) is 0 Å². The van der Waals surface area contributed by atoms with Gasteiger partial charge in [0.1, 0.15) is 5.69 Å². The Kier molecular flexibility index (Phi) is 2.19. The molecule has 0 unspecified atom stereocenters. The number of thiophene rings is 1. The number of nitrogens with two attached hydrogens (primary N) is 1. The Labute approximate surface area is 103 Å². The average Bonchev–Trinajstić information content (AvgIpc) is 2.85. The molecule has 0 aliphatic heterocycles. The van der Waals surface area contributed by atoms with Crippen LogP contribution in [0.3, 0.4) is 0 Å². The summed E-state index contributed by atoms with van der Waals surface area (Å²) in [4.78, 5) is 1.36. The van der Waals surface area contributed by atoms with Gasteiger partial charge in [-0.3, -0.25) is 0 Å². The first-order valence-corrected chi connectivity index (χ1v) is 6.19. The number of anilines is 1. The van der Waals surface area contributed by atoms with Gasteiger partial charge in [-0.05, 0) is 30.9 Å². The van der Waals surface area contributed by atoms with Gasteiger partial charge in [-0.15, -0.1) is 11.3 Å². The monoisotopic (exact) mass is 244 g/mol. The summed E-state index contributed by atoms with van der Waals surface area (Å²) in [6, 6.07) is 8.07. The quantitative estimate of drug-likeness (QED) is 0.709. The van der Waals surface area contributed by atoms with Gasteiger partial charge in [-0.1, -0.05) is 17.3 Å². The lowest BCUT2D eigenvalue weighted by atomic mass is 10.1. The first-order valence-electron chi connectivity index (χ1n) is 5.37. The molecule has 17 heavy (non-hydrogen) atoms. The highest BCUT2D eigenvalue weighted by Gasteiger charge is 2.08. The van der Waals surface area contributed by atoms with Crippen LogP contribution in [0.2, 0.25) is 0 Å². The van der Waals surface area contributed by atoms with Gasteiger partial charge in [0.15, 0.2) is 0 Å². The van der Waals surface area contributed by atoms with Crippen molar-refractivity contribution in [1.82, 2.24) is 5.16 Å². The molecule has 0 spiro atoms. The highest BCUT2D eigenvalue weighted by molar-refractivity contribution is 7.19. The minimum atomic E-state index is 0.346. The molecule has 2 aromatic heterocycles. The van der Waals surface area contributed by atoms with Crippen LogP contribution in [0.15, 0.2) is 28.8 Å². The highest BCUT2D eigenvalue weighted by atomic mass is 32.1. The molecule has 0 fully saturated rings. The second kappa shape index (κ2) is 3.60. The fraction of sp³-hybridized carbons (Fsp3) is 0.154. The molecule has 3 rings (SSSR count). The topological polar surface area (TPSA) is 52.0 Å². The summed E-state index contributed by atoms with van der Waals surface area (Å²) < 4.78 is 6.17. The standard InChI is InChI=1S/C13H12N2OS/c1-7-8(2)17-12-5-9(3-4-10(7)12)11-6-13(14)16-15-11/h3-6H,14H2,1-2H3. The summed E-state index contributed by atoms with van der Waals surface area (Å²) in [7, 11) is 0. The third-order valence-corrected chi connectivity index (χ3v) is 4.17. The van der Waals surface area contributed by atoms with E-state index in [0.717, 1.165) is 11.3 Å². The number of nitrogen functional groups attached to an aromatic ring is 1. The Hall–Kier alpha value is -1.81. The van der Waals surface area contributed by atoms with E-state index in [1.54, 1.807) is 17.4 Å². The molecule has 2 N–H and O–H groups in total. The van der Waals surface area contributed by atoms with Gasteiger partial charge in [-0.2, -0.15) is 0 Å². The van der Waals surface area contributed by atoms with E-state index in [0.29, 0.717) is 5.88 Å². The average molecular weight is 244 g/mol. The van der Waals surface area contributed by atoms with Crippen LogP contribution in [0.25, 0.3) is 21.3 Å². The van der Waals surface area contributed by atoms with E-state index in [9.17, 15) is 0 Å². The smallest absolute Gasteiger partial charge is 0.222 e. The van der Waals surface area contributed by atoms with Gasteiger partial charge in [0, 0.05) is 21.2 Å². The zero-order valence-corrected chi connectivity index (χ0v) is 10.5. The third kappa shape index (κ3) is 1.61. The SMILES string of the molecule is Cc1sc2cc(-c3cc(N)on3)ccc2c1C. The molecular weight excluding hydrogens is 232 g/mol. The molecule has 86 valence electrons. The van der Waals surface area contributed by atoms with Crippen molar-refractivity contribution in [1.29, 1.82) is 0 Å². The van der Waals surface area contributed by atoms with Crippen molar-refractivity contribution >= 4 is 27.3 Å². The lowest BCUT2D eigenvalue weighted by Crippen LogP contribution is -1.77. The predicted molar refractivity (Wildman–Crippen MR) is 71.2 cm³/mol. The number of benzene rings is 1. The second-order valence-corrected chi connectivity index (χ2v) is 5.37. The van der Waals surface area contributed by atoms with E-state index >= 15 is 0 Å². The molecule has 0 saturated heterocycles. The van der Waals surface area contributed by atoms with Gasteiger partial charge in [0.25, 0.3) is 0 Å². The van der Waals surface area contributed by atoms with Gasteiger partial charge >= 0.3 is 0 Å². The van der Waals surface area contributed by atoms with Gasteiger partial charge in [0.05, 0.1) is 0 Å². The largest absolute Gasteiger partial charge is 0.368 e.